The number of rotatable bonds is 3. The molecular weight excluding hydrogens is 244 g/mol. The van der Waals surface area contributed by atoms with Crippen molar-refractivity contribution in [2.45, 2.75) is 0 Å². The van der Waals surface area contributed by atoms with Gasteiger partial charge in [-0.2, -0.15) is 5.23 Å². The van der Waals surface area contributed by atoms with Crippen LogP contribution in [0.2, 0.25) is 5.02 Å². The van der Waals surface area contributed by atoms with Gasteiger partial charge in [-0.1, -0.05) is 11.6 Å². The van der Waals surface area contributed by atoms with E-state index in [1.165, 1.54) is 12.4 Å². The molecule has 7 heteroatoms. The molecule has 17 heavy (non-hydrogen) atoms. The summed E-state index contributed by atoms with van der Waals surface area (Å²) in [7, 11) is 0. The van der Waals surface area contributed by atoms with Crippen LogP contribution in [0.25, 0.3) is 0 Å². The maximum absolute atomic E-state index is 10.9. The standard InChI is InChI=1S/C10H9ClN4O2/c11-7-3-4-9(13-6-7)14-8-2-1-5-12-10(8)15(16)17/h1-6,15-16H,(H,13,14). The summed E-state index contributed by atoms with van der Waals surface area (Å²) in [5, 5.41) is 22.2. The second-order valence-electron chi connectivity index (χ2n) is 3.19. The normalized spacial score (nSPS) is 12.2. The van der Waals surface area contributed by atoms with Crippen molar-refractivity contribution < 1.29 is 10.4 Å². The number of nitrogens with zero attached hydrogens (tertiary/aromatic N) is 2. The largest absolute Gasteiger partial charge is 0.594 e. The Balaban J connectivity index is 2.26. The Morgan fingerprint density at radius 3 is 2.76 bits per heavy atom. The Bertz CT molecular complexity index is 504. The van der Waals surface area contributed by atoms with Gasteiger partial charge in [0.15, 0.2) is 0 Å². The van der Waals surface area contributed by atoms with Gasteiger partial charge in [0, 0.05) is 12.4 Å². The van der Waals surface area contributed by atoms with E-state index in [1.807, 2.05) is 0 Å². The molecule has 0 aliphatic carbocycles. The van der Waals surface area contributed by atoms with Crippen LogP contribution in [-0.4, -0.2) is 15.2 Å². The van der Waals surface area contributed by atoms with Crippen molar-refractivity contribution in [3.05, 3.63) is 46.9 Å². The number of nitrogens with one attached hydrogen (secondary N) is 2. The summed E-state index contributed by atoms with van der Waals surface area (Å²) in [5.41, 5.74) is 0.384. The maximum atomic E-state index is 10.9. The lowest BCUT2D eigenvalue weighted by Crippen LogP contribution is -2.99. The quantitative estimate of drug-likeness (QED) is 0.717. The molecule has 1 atom stereocenters. The van der Waals surface area contributed by atoms with E-state index in [2.05, 4.69) is 15.3 Å². The number of aromatic nitrogens is 2. The van der Waals surface area contributed by atoms with Gasteiger partial charge in [0.05, 0.1) is 5.02 Å². The number of hydrogen-bond acceptors (Lipinski definition) is 5. The van der Waals surface area contributed by atoms with Crippen molar-refractivity contribution in [3.8, 4) is 0 Å². The smallest absolute Gasteiger partial charge is 0.282 e. The van der Waals surface area contributed by atoms with Crippen molar-refractivity contribution in [1.82, 2.24) is 9.97 Å². The highest BCUT2D eigenvalue weighted by atomic mass is 35.5. The van der Waals surface area contributed by atoms with Gasteiger partial charge in [-0.05, 0) is 24.3 Å². The fourth-order valence-corrected chi connectivity index (χ4v) is 1.38. The SMILES string of the molecule is [O-][NH+](O)c1ncccc1Nc1ccc(Cl)cn1. The van der Waals surface area contributed by atoms with Gasteiger partial charge in [-0.3, -0.25) is 0 Å². The molecular formula is C10H9ClN4O2. The number of pyridine rings is 2. The Hall–Kier alpha value is -1.73. The van der Waals surface area contributed by atoms with Gasteiger partial charge in [0.2, 0.25) is 0 Å². The van der Waals surface area contributed by atoms with Gasteiger partial charge < -0.3 is 10.5 Å². The molecule has 1 unspecified atom stereocenters. The number of quaternary nitrogens is 1. The monoisotopic (exact) mass is 252 g/mol. The maximum Gasteiger partial charge on any atom is 0.282 e. The first kappa shape index (κ1) is 11.7. The van der Waals surface area contributed by atoms with Gasteiger partial charge in [0.1, 0.15) is 11.5 Å². The third-order valence-electron chi connectivity index (χ3n) is 2.00. The minimum absolute atomic E-state index is 0.0516. The van der Waals surface area contributed by atoms with Gasteiger partial charge in [-0.15, -0.1) is 0 Å². The van der Waals surface area contributed by atoms with Crippen LogP contribution in [-0.2, 0) is 0 Å². The average Bonchev–Trinajstić information content (AvgIpc) is 2.32. The molecule has 2 aromatic heterocycles. The van der Waals surface area contributed by atoms with E-state index < -0.39 is 5.23 Å². The molecule has 0 amide bonds. The van der Waals surface area contributed by atoms with Crippen LogP contribution in [0.4, 0.5) is 17.3 Å². The zero-order valence-electron chi connectivity index (χ0n) is 8.59. The van der Waals surface area contributed by atoms with Crippen LogP contribution in [0.3, 0.4) is 0 Å². The first-order valence-corrected chi connectivity index (χ1v) is 5.11. The predicted octanol–water partition coefficient (Wildman–Crippen LogP) is 1.28. The van der Waals surface area contributed by atoms with E-state index in [1.54, 1.807) is 24.3 Å². The highest BCUT2D eigenvalue weighted by Crippen LogP contribution is 2.19. The highest BCUT2D eigenvalue weighted by molar-refractivity contribution is 6.30. The highest BCUT2D eigenvalue weighted by Gasteiger charge is 2.10. The Labute approximate surface area is 102 Å². The van der Waals surface area contributed by atoms with Crippen molar-refractivity contribution in [1.29, 1.82) is 0 Å². The van der Waals surface area contributed by atoms with Crippen LogP contribution < -0.4 is 10.5 Å². The first-order chi connectivity index (χ1) is 8.16. The third-order valence-corrected chi connectivity index (χ3v) is 2.22. The zero-order chi connectivity index (χ0) is 12.3. The molecule has 6 nitrogen and oxygen atoms in total. The van der Waals surface area contributed by atoms with E-state index in [4.69, 9.17) is 16.8 Å². The Morgan fingerprint density at radius 2 is 2.12 bits per heavy atom. The van der Waals surface area contributed by atoms with Crippen molar-refractivity contribution in [2.24, 2.45) is 0 Å². The lowest BCUT2D eigenvalue weighted by molar-refractivity contribution is -0.992. The Kier molecular flexibility index (Phi) is 3.50. The van der Waals surface area contributed by atoms with Crippen molar-refractivity contribution in [3.63, 3.8) is 0 Å². The van der Waals surface area contributed by atoms with Gasteiger partial charge in [-0.25, -0.2) is 15.2 Å². The van der Waals surface area contributed by atoms with Crippen LogP contribution in [0.1, 0.15) is 0 Å². The molecule has 0 aromatic carbocycles. The molecule has 0 radical (unpaired) electrons. The number of hydrogen-bond donors (Lipinski definition) is 3. The minimum atomic E-state index is -1.10. The van der Waals surface area contributed by atoms with E-state index in [-0.39, 0.29) is 5.82 Å². The predicted molar refractivity (Wildman–Crippen MR) is 62.5 cm³/mol. The van der Waals surface area contributed by atoms with Crippen LogP contribution in [0.15, 0.2) is 36.7 Å². The summed E-state index contributed by atoms with van der Waals surface area (Å²) in [6.45, 7) is 0. The minimum Gasteiger partial charge on any atom is -0.594 e. The van der Waals surface area contributed by atoms with Crippen molar-refractivity contribution >= 4 is 28.9 Å². The fourth-order valence-electron chi connectivity index (χ4n) is 1.26. The number of anilines is 2. The molecule has 0 saturated heterocycles. The lowest BCUT2D eigenvalue weighted by atomic mass is 10.3. The summed E-state index contributed by atoms with van der Waals surface area (Å²) in [5.74, 6) is 0.453. The molecule has 0 saturated carbocycles. The lowest BCUT2D eigenvalue weighted by Gasteiger charge is -2.14. The fraction of sp³-hybridized carbons (Fsp3) is 0. The third kappa shape index (κ3) is 2.89. The summed E-state index contributed by atoms with van der Waals surface area (Å²) < 4.78 is 0. The molecule has 0 bridgehead atoms. The summed E-state index contributed by atoms with van der Waals surface area (Å²) in [6.07, 6.45) is 2.89. The van der Waals surface area contributed by atoms with E-state index in [0.29, 0.717) is 16.5 Å². The average molecular weight is 253 g/mol. The van der Waals surface area contributed by atoms with Crippen LogP contribution in [0.5, 0.6) is 0 Å². The van der Waals surface area contributed by atoms with Crippen LogP contribution >= 0.6 is 11.6 Å². The summed E-state index contributed by atoms with van der Waals surface area (Å²) in [4.78, 5) is 7.79. The molecule has 0 aliphatic heterocycles. The first-order valence-electron chi connectivity index (χ1n) is 4.74. The molecule has 2 aromatic rings. The van der Waals surface area contributed by atoms with E-state index in [9.17, 15) is 5.21 Å². The van der Waals surface area contributed by atoms with E-state index in [0.717, 1.165) is 0 Å². The zero-order valence-corrected chi connectivity index (χ0v) is 9.35. The molecule has 0 spiro atoms. The second kappa shape index (κ2) is 5.07. The van der Waals surface area contributed by atoms with Crippen LogP contribution in [0, 0.1) is 5.21 Å². The topological polar surface area (TPSA) is 85.5 Å². The molecule has 2 heterocycles. The van der Waals surface area contributed by atoms with E-state index >= 15 is 0 Å². The van der Waals surface area contributed by atoms with Gasteiger partial charge >= 0.3 is 0 Å². The molecule has 3 N–H and O–H groups in total. The summed E-state index contributed by atoms with van der Waals surface area (Å²) >= 11 is 5.70. The van der Waals surface area contributed by atoms with Gasteiger partial charge in [0.25, 0.3) is 5.82 Å². The molecule has 0 fully saturated rings. The Morgan fingerprint density at radius 1 is 1.29 bits per heavy atom. The second-order valence-corrected chi connectivity index (χ2v) is 3.63. The molecule has 0 aliphatic rings. The van der Waals surface area contributed by atoms with Crippen molar-refractivity contribution in [2.75, 3.05) is 5.32 Å². The molecule has 88 valence electrons. The molecule has 2 rings (SSSR count). The summed E-state index contributed by atoms with van der Waals surface area (Å²) in [6, 6.07) is 6.58. The number of halogens is 1.